The van der Waals surface area contributed by atoms with Crippen LogP contribution in [0, 0.1) is 5.82 Å². The minimum absolute atomic E-state index is 0.0396. The number of hydrogen-bond donors (Lipinski definition) is 2. The minimum atomic E-state index is -4.66. The van der Waals surface area contributed by atoms with Crippen molar-refractivity contribution >= 4 is 33.4 Å². The van der Waals surface area contributed by atoms with Crippen LogP contribution < -0.4 is 24.2 Å². The maximum absolute atomic E-state index is 13.6. The lowest BCUT2D eigenvalue weighted by atomic mass is 9.85. The van der Waals surface area contributed by atoms with E-state index in [0.717, 1.165) is 17.7 Å². The molecule has 0 atom stereocenters. The molecule has 0 aliphatic carbocycles. The quantitative estimate of drug-likeness (QED) is 0.0770. The number of unbranched alkanes of at least 4 members (excludes halogenated alkanes) is 1. The number of nitrogens with zero attached hydrogens (tertiary/aromatic N) is 2. The van der Waals surface area contributed by atoms with Gasteiger partial charge in [-0.05, 0) is 87.0 Å². The fourth-order valence-electron chi connectivity index (χ4n) is 6.91. The van der Waals surface area contributed by atoms with Crippen LogP contribution >= 0.6 is 0 Å². The number of nitrogens with one attached hydrogen (secondary N) is 2. The van der Waals surface area contributed by atoms with Gasteiger partial charge in [-0.3, -0.25) is 19.6 Å². The lowest BCUT2D eigenvalue weighted by Crippen LogP contribution is -2.56. The Morgan fingerprint density at radius 3 is 2.13 bits per heavy atom. The van der Waals surface area contributed by atoms with Crippen LogP contribution in [0.15, 0.2) is 59.5 Å². The van der Waals surface area contributed by atoms with Crippen molar-refractivity contribution < 1.29 is 54.6 Å². The number of urea groups is 1. The molecule has 0 unspecified atom stereocenters. The second-order valence-corrected chi connectivity index (χ2v) is 14.8. The van der Waals surface area contributed by atoms with Crippen molar-refractivity contribution in [3.63, 3.8) is 0 Å². The zero-order chi connectivity index (χ0) is 39.3. The number of hydrogen-bond acceptors (Lipinski definition) is 9. The number of alkyl halides is 3. The molecule has 12 nitrogen and oxygen atoms in total. The van der Waals surface area contributed by atoms with E-state index in [-0.39, 0.29) is 46.6 Å². The summed E-state index contributed by atoms with van der Waals surface area (Å²) in [7, 11) is -0.647. The fourth-order valence-corrected chi connectivity index (χ4v) is 7.98. The zero-order valence-corrected chi connectivity index (χ0v) is 30.9. The van der Waals surface area contributed by atoms with Crippen molar-refractivity contribution in [3.05, 3.63) is 77.1 Å². The molecule has 0 bridgehead atoms. The summed E-state index contributed by atoms with van der Waals surface area (Å²) in [6.45, 7) is 2.13. The second-order valence-electron chi connectivity index (χ2n) is 13.1. The first kappa shape index (κ1) is 40.3. The van der Waals surface area contributed by atoms with E-state index in [0.29, 0.717) is 76.8 Å². The molecule has 2 aliphatic heterocycles. The number of rotatable bonds is 16. The fraction of sp³-hybridized carbons (Fsp3) is 0.432. The van der Waals surface area contributed by atoms with Crippen molar-refractivity contribution in [2.75, 3.05) is 52.2 Å². The van der Waals surface area contributed by atoms with Crippen molar-refractivity contribution in [2.24, 2.45) is 0 Å². The molecular weight excluding hydrogens is 736 g/mol. The van der Waals surface area contributed by atoms with E-state index in [9.17, 15) is 40.4 Å². The lowest BCUT2D eigenvalue weighted by Gasteiger charge is -2.42. The Hall–Kier alpha value is -4.90. The van der Waals surface area contributed by atoms with E-state index in [4.69, 9.17) is 14.2 Å². The maximum Gasteiger partial charge on any atom is 0.416 e. The maximum atomic E-state index is 13.6. The highest BCUT2D eigenvalue weighted by Gasteiger charge is 2.53. The second kappa shape index (κ2) is 16.6. The van der Waals surface area contributed by atoms with E-state index in [2.05, 4.69) is 14.9 Å². The van der Waals surface area contributed by atoms with Gasteiger partial charge in [0.05, 0.1) is 31.8 Å². The number of carbonyl (C=O) groups excluding carboxylic acids is 3. The van der Waals surface area contributed by atoms with Gasteiger partial charge in [0.15, 0.2) is 17.3 Å². The Bertz CT molecular complexity index is 1950. The van der Waals surface area contributed by atoms with Gasteiger partial charge in [0.25, 0.3) is 15.9 Å². The van der Waals surface area contributed by atoms with Gasteiger partial charge in [0.2, 0.25) is 0 Å². The predicted molar refractivity (Wildman–Crippen MR) is 190 cm³/mol. The molecule has 2 aliphatic rings. The van der Waals surface area contributed by atoms with Crippen LogP contribution in [0.5, 0.6) is 17.2 Å². The first-order chi connectivity index (χ1) is 25.6. The van der Waals surface area contributed by atoms with E-state index in [1.807, 2.05) is 0 Å². The van der Waals surface area contributed by atoms with Crippen LogP contribution in [0.2, 0.25) is 0 Å². The normalized spacial score (nSPS) is 16.0. The molecule has 0 aromatic heterocycles. The van der Waals surface area contributed by atoms with Gasteiger partial charge in [-0.1, -0.05) is 12.1 Å². The summed E-state index contributed by atoms with van der Waals surface area (Å²) in [4.78, 5) is 42.7. The topological polar surface area (TPSA) is 144 Å². The highest BCUT2D eigenvalue weighted by Crippen LogP contribution is 2.45. The number of methoxy groups -OCH3 is 3. The summed E-state index contributed by atoms with van der Waals surface area (Å²) < 4.78 is 97.6. The number of aryl methyl sites for hydroxylation is 1. The number of ether oxygens (including phenoxy) is 3. The van der Waals surface area contributed by atoms with Crippen molar-refractivity contribution in [3.8, 4) is 17.2 Å². The third kappa shape index (κ3) is 8.73. The molecule has 2 heterocycles. The lowest BCUT2D eigenvalue weighted by molar-refractivity contribution is -0.137. The van der Waals surface area contributed by atoms with Gasteiger partial charge in [-0.2, -0.15) is 13.2 Å². The summed E-state index contributed by atoms with van der Waals surface area (Å²) in [6.07, 6.45) is -1.41. The van der Waals surface area contributed by atoms with Crippen LogP contribution in [0.3, 0.4) is 0 Å². The van der Waals surface area contributed by atoms with Crippen LogP contribution in [-0.4, -0.2) is 89.0 Å². The van der Waals surface area contributed by atoms with Crippen LogP contribution in [0.4, 0.5) is 28.0 Å². The van der Waals surface area contributed by atoms with E-state index in [1.165, 1.54) is 39.5 Å². The number of likely N-dealkylation sites (tertiary alicyclic amines) is 1. The third-order valence-electron chi connectivity index (χ3n) is 9.84. The number of sulfonamides is 1. The average molecular weight is 779 g/mol. The smallest absolute Gasteiger partial charge is 0.416 e. The number of carbonyl (C=O) groups is 3. The highest BCUT2D eigenvalue weighted by atomic mass is 32.2. The Morgan fingerprint density at radius 2 is 1.54 bits per heavy atom. The van der Waals surface area contributed by atoms with Crippen LogP contribution in [-0.2, 0) is 27.4 Å². The molecule has 3 aromatic rings. The molecule has 2 N–H and O–H groups in total. The predicted octanol–water partition coefficient (Wildman–Crippen LogP) is 6.04. The Balaban J connectivity index is 1.19. The largest absolute Gasteiger partial charge is 0.496 e. The first-order valence-corrected chi connectivity index (χ1v) is 18.8. The van der Waals surface area contributed by atoms with Gasteiger partial charge >= 0.3 is 12.2 Å². The average Bonchev–Trinajstić information content (AvgIpc) is 3.37. The number of imide groups is 1. The van der Waals surface area contributed by atoms with Gasteiger partial charge < -0.3 is 24.0 Å². The standard InChI is InChI=1S/C37H42F4N4O8S/c1-51-29-23-30(52-2)32(43-54(49,50)27-15-11-25(12-16-27)37(39,40)41)33(53-3)31(29)28(46)8-4-5-19-44-21-17-36(18-22-44)34(47)42-35(48)45(36)20-6-7-24-9-13-26(38)14-10-24/h9-16,23,43H,4-8,17-22H2,1-3H3,(H,42,47,48). The van der Waals surface area contributed by atoms with E-state index in [1.54, 1.807) is 17.0 Å². The van der Waals surface area contributed by atoms with Gasteiger partial charge in [0.1, 0.15) is 28.4 Å². The van der Waals surface area contributed by atoms with Crippen molar-refractivity contribution in [1.82, 2.24) is 15.1 Å². The highest BCUT2D eigenvalue weighted by molar-refractivity contribution is 7.92. The molecule has 3 amide bonds. The Kier molecular flexibility index (Phi) is 12.4. The molecule has 17 heteroatoms. The number of piperidine rings is 1. The van der Waals surface area contributed by atoms with E-state index < -0.39 is 44.0 Å². The summed E-state index contributed by atoms with van der Waals surface area (Å²) in [5, 5.41) is 2.47. The number of anilines is 1. The molecule has 54 heavy (non-hydrogen) atoms. The SMILES string of the molecule is COc1cc(OC)c(C(=O)CCCCN2CCC3(CC2)C(=O)NC(=O)N3CCCc2ccc(F)cc2)c(OC)c1NS(=O)(=O)c1ccc(C(F)(F)F)cc1. The van der Waals surface area contributed by atoms with Crippen molar-refractivity contribution in [2.45, 2.75) is 61.6 Å². The molecule has 2 fully saturated rings. The molecule has 292 valence electrons. The molecule has 2 saturated heterocycles. The number of benzene rings is 3. The first-order valence-electron chi connectivity index (χ1n) is 17.3. The zero-order valence-electron chi connectivity index (χ0n) is 30.1. The molecule has 0 saturated carbocycles. The monoisotopic (exact) mass is 778 g/mol. The minimum Gasteiger partial charge on any atom is -0.496 e. The number of halogens is 4. The Morgan fingerprint density at radius 1 is 0.889 bits per heavy atom. The molecule has 3 aromatic carbocycles. The van der Waals surface area contributed by atoms with Crippen LogP contribution in [0.1, 0.15) is 60.0 Å². The molecule has 1 spiro atoms. The number of amides is 3. The summed E-state index contributed by atoms with van der Waals surface area (Å²) in [5.74, 6) is -1.19. The third-order valence-corrected chi connectivity index (χ3v) is 11.2. The van der Waals surface area contributed by atoms with E-state index >= 15 is 0 Å². The van der Waals surface area contributed by atoms with Gasteiger partial charge in [-0.15, -0.1) is 0 Å². The Labute approximate surface area is 310 Å². The molecule has 0 radical (unpaired) electrons. The molecule has 5 rings (SSSR count). The van der Waals surface area contributed by atoms with Gasteiger partial charge in [0, 0.05) is 32.1 Å². The summed E-state index contributed by atoms with van der Waals surface area (Å²) >= 11 is 0. The molecular formula is C37H42F4N4O8S. The van der Waals surface area contributed by atoms with Crippen molar-refractivity contribution in [1.29, 1.82) is 0 Å². The van der Waals surface area contributed by atoms with Gasteiger partial charge in [-0.25, -0.2) is 17.6 Å². The summed E-state index contributed by atoms with van der Waals surface area (Å²) in [6, 6.07) is 10.0. The number of ketones is 1. The van der Waals surface area contributed by atoms with Crippen LogP contribution in [0.25, 0.3) is 0 Å². The number of Topliss-reactive ketones (excluding diaryl/α,β-unsaturated/α-hetero) is 1. The summed E-state index contributed by atoms with van der Waals surface area (Å²) in [5.41, 5.74) is -1.28.